The van der Waals surface area contributed by atoms with E-state index in [1.165, 1.54) is 6.07 Å². The summed E-state index contributed by atoms with van der Waals surface area (Å²) in [6.45, 7) is 5.63. The Kier molecular flexibility index (Phi) is 3.79. The Morgan fingerprint density at radius 3 is 2.52 bits per heavy atom. The van der Waals surface area contributed by atoms with Crippen molar-refractivity contribution in [1.82, 2.24) is 4.72 Å². The lowest BCUT2D eigenvalue weighted by atomic mass is 9.85. The summed E-state index contributed by atoms with van der Waals surface area (Å²) in [5.74, 6) is -0.750. The fraction of sp³-hybridized carbons (Fsp3) is 0.429. The first kappa shape index (κ1) is 15.5. The molecule has 0 fully saturated rings. The van der Waals surface area contributed by atoms with Crippen LogP contribution in [0, 0.1) is 5.41 Å². The first-order valence-corrected chi connectivity index (χ1v) is 8.01. The van der Waals surface area contributed by atoms with Crippen LogP contribution in [-0.4, -0.2) is 31.4 Å². The minimum atomic E-state index is -3.60. The highest BCUT2D eigenvalue weighted by Gasteiger charge is 2.33. The van der Waals surface area contributed by atoms with Crippen molar-refractivity contribution in [1.29, 1.82) is 0 Å². The highest BCUT2D eigenvalue weighted by Crippen LogP contribution is 2.28. The number of rotatable bonds is 3. The number of fused-ring (bicyclic) bond motifs is 1. The number of amidine groups is 1. The van der Waals surface area contributed by atoms with Gasteiger partial charge in [-0.1, -0.05) is 32.9 Å². The second-order valence-corrected chi connectivity index (χ2v) is 7.71. The molecule has 1 aromatic carbocycles. The van der Waals surface area contributed by atoms with Crippen LogP contribution in [0.5, 0.6) is 0 Å². The van der Waals surface area contributed by atoms with E-state index in [4.69, 9.17) is 5.11 Å². The molecule has 1 aliphatic heterocycles. The molecular formula is C14H18N2O4S. The molecule has 0 saturated heterocycles. The van der Waals surface area contributed by atoms with E-state index in [-0.39, 0.29) is 17.2 Å². The number of carboxylic acid groups (broad SMARTS) is 1. The summed E-state index contributed by atoms with van der Waals surface area (Å²) in [5.41, 5.74) is 0.0890. The quantitative estimate of drug-likeness (QED) is 0.886. The summed E-state index contributed by atoms with van der Waals surface area (Å²) in [6, 6.07) is 5.99. The molecule has 1 heterocycles. The molecule has 2 N–H and O–H groups in total. The Morgan fingerprint density at radius 2 is 1.95 bits per heavy atom. The number of sulfonamides is 1. The first-order chi connectivity index (χ1) is 9.61. The molecular weight excluding hydrogens is 292 g/mol. The van der Waals surface area contributed by atoms with Crippen molar-refractivity contribution in [2.24, 2.45) is 10.4 Å². The third kappa shape index (κ3) is 3.24. The van der Waals surface area contributed by atoms with Crippen molar-refractivity contribution in [3.05, 3.63) is 29.8 Å². The van der Waals surface area contributed by atoms with Gasteiger partial charge in [-0.05, 0) is 17.5 Å². The first-order valence-electron chi connectivity index (χ1n) is 6.53. The highest BCUT2D eigenvalue weighted by atomic mass is 32.2. The molecule has 114 valence electrons. The number of nitrogens with zero attached hydrogens (tertiary/aromatic N) is 1. The fourth-order valence-electron chi connectivity index (χ4n) is 2.10. The van der Waals surface area contributed by atoms with Gasteiger partial charge >= 0.3 is 5.97 Å². The molecule has 0 aromatic heterocycles. The second kappa shape index (κ2) is 5.14. The topological polar surface area (TPSA) is 95.8 Å². The molecule has 6 nitrogen and oxygen atoms in total. The predicted molar refractivity (Wildman–Crippen MR) is 78.8 cm³/mol. The van der Waals surface area contributed by atoms with Crippen molar-refractivity contribution in [2.45, 2.75) is 38.1 Å². The number of aliphatic carboxylic acids is 1. The maximum atomic E-state index is 12.0. The maximum Gasteiger partial charge on any atom is 0.305 e. The molecule has 0 bridgehead atoms. The van der Waals surface area contributed by atoms with Crippen molar-refractivity contribution in [2.75, 3.05) is 0 Å². The maximum absolute atomic E-state index is 12.0. The third-order valence-electron chi connectivity index (χ3n) is 3.32. The zero-order valence-corrected chi connectivity index (χ0v) is 12.9. The van der Waals surface area contributed by atoms with E-state index in [0.29, 0.717) is 5.56 Å². The van der Waals surface area contributed by atoms with Crippen LogP contribution in [0.2, 0.25) is 0 Å². The van der Waals surface area contributed by atoms with Crippen LogP contribution in [0.4, 0.5) is 0 Å². The standard InChI is InChI=1S/C14H18N2O4S/c1-14(2,3)11(8-12(17)18)15-13-9-6-4-5-7-10(9)21(19,20)16-13/h4-7,11H,8H2,1-3H3,(H,15,16)(H,17,18). The number of aliphatic imine (C=N–C) groups is 1. The van der Waals surface area contributed by atoms with Gasteiger partial charge in [0.2, 0.25) is 0 Å². The Hall–Kier alpha value is -1.89. The molecule has 0 radical (unpaired) electrons. The van der Waals surface area contributed by atoms with Crippen molar-refractivity contribution >= 4 is 21.8 Å². The van der Waals surface area contributed by atoms with Gasteiger partial charge in [-0.15, -0.1) is 0 Å². The summed E-state index contributed by atoms with van der Waals surface area (Å²) in [6.07, 6.45) is -0.156. The van der Waals surface area contributed by atoms with Crippen molar-refractivity contribution in [3.63, 3.8) is 0 Å². The number of hydrogen-bond donors (Lipinski definition) is 2. The van der Waals surface area contributed by atoms with E-state index in [1.807, 2.05) is 20.8 Å². The summed E-state index contributed by atoms with van der Waals surface area (Å²) in [7, 11) is -3.60. The van der Waals surface area contributed by atoms with Gasteiger partial charge in [0, 0.05) is 5.56 Å². The van der Waals surface area contributed by atoms with Gasteiger partial charge in [0.1, 0.15) is 5.84 Å². The molecule has 7 heteroatoms. The van der Waals surface area contributed by atoms with Crippen LogP contribution >= 0.6 is 0 Å². The van der Waals surface area contributed by atoms with Gasteiger partial charge in [0.25, 0.3) is 10.0 Å². The normalized spacial score (nSPS) is 19.9. The Labute approximate surface area is 124 Å². The lowest BCUT2D eigenvalue weighted by Crippen LogP contribution is -2.31. The van der Waals surface area contributed by atoms with Crippen LogP contribution in [0.1, 0.15) is 32.8 Å². The molecule has 1 atom stereocenters. The predicted octanol–water partition coefficient (Wildman–Crippen LogP) is 1.61. The van der Waals surface area contributed by atoms with Crippen molar-refractivity contribution in [3.8, 4) is 0 Å². The van der Waals surface area contributed by atoms with Crippen LogP contribution in [0.15, 0.2) is 34.2 Å². The number of carbonyl (C=O) groups is 1. The van der Waals surface area contributed by atoms with E-state index in [0.717, 1.165) is 0 Å². The van der Waals surface area contributed by atoms with Gasteiger partial charge in [-0.25, -0.2) is 8.42 Å². The molecule has 0 saturated carbocycles. The van der Waals surface area contributed by atoms with Gasteiger partial charge in [0.05, 0.1) is 17.4 Å². The number of benzene rings is 1. The average molecular weight is 310 g/mol. The Morgan fingerprint density at radius 1 is 1.33 bits per heavy atom. The van der Waals surface area contributed by atoms with Crippen LogP contribution in [-0.2, 0) is 14.8 Å². The Bertz CT molecular complexity index is 702. The number of hydrogen-bond acceptors (Lipinski definition) is 4. The van der Waals surface area contributed by atoms with Gasteiger partial charge < -0.3 is 5.11 Å². The van der Waals surface area contributed by atoms with Crippen LogP contribution in [0.25, 0.3) is 0 Å². The number of nitrogens with one attached hydrogen (secondary N) is 1. The highest BCUT2D eigenvalue weighted by molar-refractivity contribution is 7.90. The Balaban J connectivity index is 2.48. The van der Waals surface area contributed by atoms with E-state index >= 15 is 0 Å². The zero-order valence-electron chi connectivity index (χ0n) is 12.1. The molecule has 0 amide bonds. The summed E-state index contributed by atoms with van der Waals surface area (Å²) in [4.78, 5) is 15.5. The minimum absolute atomic E-state index is 0.156. The second-order valence-electron chi connectivity index (χ2n) is 6.06. The SMILES string of the molecule is CC(C)(C)C(CC(=O)O)N=C1NS(=O)(=O)c2ccccc21. The lowest BCUT2D eigenvalue weighted by Gasteiger charge is -2.26. The monoisotopic (exact) mass is 310 g/mol. The van der Waals surface area contributed by atoms with Crippen molar-refractivity contribution < 1.29 is 18.3 Å². The van der Waals surface area contributed by atoms with E-state index in [1.54, 1.807) is 18.2 Å². The molecule has 0 aliphatic carbocycles. The van der Waals surface area contributed by atoms with E-state index < -0.39 is 27.4 Å². The summed E-state index contributed by atoms with van der Waals surface area (Å²) in [5, 5.41) is 9.01. The van der Waals surface area contributed by atoms with Crippen LogP contribution in [0.3, 0.4) is 0 Å². The van der Waals surface area contributed by atoms with Gasteiger partial charge in [-0.3, -0.25) is 14.5 Å². The average Bonchev–Trinajstić information content (AvgIpc) is 2.59. The minimum Gasteiger partial charge on any atom is -0.481 e. The molecule has 0 spiro atoms. The lowest BCUT2D eigenvalue weighted by molar-refractivity contribution is -0.137. The van der Waals surface area contributed by atoms with Gasteiger partial charge in [-0.2, -0.15) is 0 Å². The molecule has 1 unspecified atom stereocenters. The molecule has 1 aliphatic rings. The molecule has 21 heavy (non-hydrogen) atoms. The fourth-order valence-corrected chi connectivity index (χ4v) is 3.34. The summed E-state index contributed by atoms with van der Waals surface area (Å²) >= 11 is 0. The smallest absolute Gasteiger partial charge is 0.305 e. The van der Waals surface area contributed by atoms with Crippen LogP contribution < -0.4 is 4.72 Å². The summed E-state index contributed by atoms with van der Waals surface area (Å²) < 4.78 is 26.4. The largest absolute Gasteiger partial charge is 0.481 e. The molecule has 1 aromatic rings. The zero-order chi connectivity index (χ0) is 15.8. The third-order valence-corrected chi connectivity index (χ3v) is 4.71. The molecule has 2 rings (SSSR count). The number of carboxylic acids is 1. The van der Waals surface area contributed by atoms with E-state index in [9.17, 15) is 13.2 Å². The van der Waals surface area contributed by atoms with E-state index in [2.05, 4.69) is 9.71 Å². The van der Waals surface area contributed by atoms with Gasteiger partial charge in [0.15, 0.2) is 0 Å².